The molecule has 0 aromatic heterocycles. The molecular weight excluding hydrogens is 568 g/mol. The fourth-order valence-electron chi connectivity index (χ4n) is 5.19. The molecule has 0 radical (unpaired) electrons. The van der Waals surface area contributed by atoms with Gasteiger partial charge in [0.05, 0.1) is 13.2 Å². The molecule has 0 aliphatic heterocycles. The number of benzene rings is 2. The second kappa shape index (κ2) is 24.8. The molecule has 0 aliphatic carbocycles. The average Bonchev–Trinajstić information content (AvgIpc) is 2.99. The summed E-state index contributed by atoms with van der Waals surface area (Å²) in [6, 6.07) is 14.7. The largest absolute Gasteiger partial charge is 0.494 e. The second-order valence-electron chi connectivity index (χ2n) is 11.6. The number of halogens is 1. The lowest BCUT2D eigenvalue weighted by Gasteiger charge is -2.12. The van der Waals surface area contributed by atoms with Gasteiger partial charge in [0.25, 0.3) is 0 Å². The molecule has 0 saturated heterocycles. The van der Waals surface area contributed by atoms with E-state index >= 15 is 0 Å². The summed E-state index contributed by atoms with van der Waals surface area (Å²) < 4.78 is 13.5. The fraction of sp³-hybridized carbons (Fsp3) is 0.632. The SMILES string of the molecule is CCCCCCCCCCCCOc1ccc(OCCCCCCCCCCCC)c(C=Cc2ccc(Br)cc2)c1. The van der Waals surface area contributed by atoms with Crippen molar-refractivity contribution in [3.8, 4) is 11.5 Å². The summed E-state index contributed by atoms with van der Waals surface area (Å²) in [5, 5.41) is 0. The molecule has 2 rings (SSSR count). The average molecular weight is 628 g/mol. The summed E-state index contributed by atoms with van der Waals surface area (Å²) in [5.41, 5.74) is 2.26. The molecule has 41 heavy (non-hydrogen) atoms. The van der Waals surface area contributed by atoms with Gasteiger partial charge < -0.3 is 9.47 Å². The van der Waals surface area contributed by atoms with Gasteiger partial charge >= 0.3 is 0 Å². The van der Waals surface area contributed by atoms with E-state index in [0.717, 1.165) is 47.6 Å². The van der Waals surface area contributed by atoms with Gasteiger partial charge in [-0.15, -0.1) is 0 Å². The van der Waals surface area contributed by atoms with Crippen LogP contribution < -0.4 is 9.47 Å². The van der Waals surface area contributed by atoms with Crippen molar-refractivity contribution >= 4 is 28.1 Å². The minimum atomic E-state index is 0.772. The predicted molar refractivity (Wildman–Crippen MR) is 184 cm³/mol. The maximum Gasteiger partial charge on any atom is 0.126 e. The van der Waals surface area contributed by atoms with Gasteiger partial charge in [0.15, 0.2) is 0 Å². The lowest BCUT2D eigenvalue weighted by Crippen LogP contribution is -2.01. The Balaban J connectivity index is 1.75. The molecule has 2 aromatic carbocycles. The van der Waals surface area contributed by atoms with Crippen molar-refractivity contribution in [3.05, 3.63) is 58.1 Å². The van der Waals surface area contributed by atoms with Gasteiger partial charge in [-0.3, -0.25) is 0 Å². The van der Waals surface area contributed by atoms with E-state index in [9.17, 15) is 0 Å². The van der Waals surface area contributed by atoms with Crippen LogP contribution in [0.3, 0.4) is 0 Å². The van der Waals surface area contributed by atoms with E-state index in [1.165, 1.54) is 121 Å². The zero-order valence-corrected chi connectivity index (χ0v) is 28.0. The van der Waals surface area contributed by atoms with E-state index in [0.29, 0.717) is 0 Å². The predicted octanol–water partition coefficient (Wildman–Crippen LogP) is 13.2. The number of hydrogen-bond donors (Lipinski definition) is 0. The van der Waals surface area contributed by atoms with Gasteiger partial charge in [0.1, 0.15) is 11.5 Å². The molecule has 0 atom stereocenters. The van der Waals surface area contributed by atoms with Crippen molar-refractivity contribution in [2.75, 3.05) is 13.2 Å². The van der Waals surface area contributed by atoms with Crippen LogP contribution in [0.25, 0.3) is 12.2 Å². The Morgan fingerprint density at radius 2 is 0.976 bits per heavy atom. The van der Waals surface area contributed by atoms with E-state index in [1.54, 1.807) is 0 Å². The molecule has 230 valence electrons. The number of hydrogen-bond acceptors (Lipinski definition) is 2. The summed E-state index contributed by atoms with van der Waals surface area (Å²) in [4.78, 5) is 0. The van der Waals surface area contributed by atoms with Gasteiger partial charge in [-0.1, -0.05) is 170 Å². The van der Waals surface area contributed by atoms with Crippen LogP contribution in [0.5, 0.6) is 11.5 Å². The summed E-state index contributed by atoms with van der Waals surface area (Å²) >= 11 is 3.53. The third kappa shape index (κ3) is 18.4. The van der Waals surface area contributed by atoms with Crippen LogP contribution in [-0.2, 0) is 0 Å². The molecule has 0 N–H and O–H groups in total. The van der Waals surface area contributed by atoms with Crippen LogP contribution in [0, 0.1) is 0 Å². The highest BCUT2D eigenvalue weighted by Gasteiger charge is 2.05. The lowest BCUT2D eigenvalue weighted by atomic mass is 10.1. The molecule has 2 aromatic rings. The van der Waals surface area contributed by atoms with Crippen molar-refractivity contribution in [2.24, 2.45) is 0 Å². The Labute approximate surface area is 261 Å². The number of unbranched alkanes of at least 4 members (excludes halogenated alkanes) is 18. The Morgan fingerprint density at radius 3 is 1.49 bits per heavy atom. The van der Waals surface area contributed by atoms with Gasteiger partial charge in [0, 0.05) is 10.0 Å². The summed E-state index contributed by atoms with van der Waals surface area (Å²) in [7, 11) is 0. The lowest BCUT2D eigenvalue weighted by molar-refractivity contribution is 0.295. The standard InChI is InChI=1S/C38H59BrO2/c1-3-5-7-9-11-13-15-17-19-21-31-40-37-29-30-38(35(33-37)26-23-34-24-27-36(39)28-25-34)41-32-22-20-18-16-14-12-10-8-6-4-2/h23-30,33H,3-22,31-32H2,1-2H3. The molecule has 2 nitrogen and oxygen atoms in total. The molecule has 0 unspecified atom stereocenters. The quantitative estimate of drug-likeness (QED) is 0.0763. The third-order valence-electron chi connectivity index (χ3n) is 7.83. The Kier molecular flexibility index (Phi) is 21.5. The molecule has 0 saturated carbocycles. The van der Waals surface area contributed by atoms with E-state index in [1.807, 2.05) is 0 Å². The summed E-state index contributed by atoms with van der Waals surface area (Å²) in [6.07, 6.45) is 31.1. The maximum atomic E-state index is 6.27. The fourth-order valence-corrected chi connectivity index (χ4v) is 5.45. The van der Waals surface area contributed by atoms with E-state index in [2.05, 4.69) is 84.4 Å². The maximum absolute atomic E-state index is 6.27. The van der Waals surface area contributed by atoms with Crippen LogP contribution in [0.4, 0.5) is 0 Å². The first-order valence-electron chi connectivity index (χ1n) is 17.1. The minimum absolute atomic E-state index is 0.772. The van der Waals surface area contributed by atoms with Gasteiger partial charge in [0.2, 0.25) is 0 Å². The van der Waals surface area contributed by atoms with E-state index < -0.39 is 0 Å². The smallest absolute Gasteiger partial charge is 0.126 e. The highest BCUT2D eigenvalue weighted by atomic mass is 79.9. The van der Waals surface area contributed by atoms with Crippen LogP contribution in [0.1, 0.15) is 153 Å². The van der Waals surface area contributed by atoms with Crippen molar-refractivity contribution in [1.82, 2.24) is 0 Å². The molecule has 0 spiro atoms. The van der Waals surface area contributed by atoms with Crippen LogP contribution in [-0.4, -0.2) is 13.2 Å². The zero-order valence-electron chi connectivity index (χ0n) is 26.4. The first kappa shape index (κ1) is 35.5. The summed E-state index contributed by atoms with van der Waals surface area (Å²) in [5.74, 6) is 1.88. The zero-order chi connectivity index (χ0) is 29.2. The number of rotatable bonds is 26. The first-order chi connectivity index (χ1) is 20.2. The monoisotopic (exact) mass is 626 g/mol. The van der Waals surface area contributed by atoms with Crippen molar-refractivity contribution in [1.29, 1.82) is 0 Å². The first-order valence-corrected chi connectivity index (χ1v) is 17.9. The highest BCUT2D eigenvalue weighted by Crippen LogP contribution is 2.27. The van der Waals surface area contributed by atoms with Crippen LogP contribution >= 0.6 is 15.9 Å². The van der Waals surface area contributed by atoms with E-state index in [-0.39, 0.29) is 0 Å². The normalized spacial score (nSPS) is 11.4. The van der Waals surface area contributed by atoms with Crippen molar-refractivity contribution < 1.29 is 9.47 Å². The molecule has 0 amide bonds. The Morgan fingerprint density at radius 1 is 0.512 bits per heavy atom. The van der Waals surface area contributed by atoms with Crippen LogP contribution in [0.2, 0.25) is 0 Å². The molecule has 0 bridgehead atoms. The van der Waals surface area contributed by atoms with Gasteiger partial charge in [-0.2, -0.15) is 0 Å². The second-order valence-corrected chi connectivity index (χ2v) is 12.6. The van der Waals surface area contributed by atoms with Crippen molar-refractivity contribution in [2.45, 2.75) is 142 Å². The highest BCUT2D eigenvalue weighted by molar-refractivity contribution is 9.10. The number of ether oxygens (including phenoxy) is 2. The molecule has 3 heteroatoms. The molecular formula is C38H59BrO2. The van der Waals surface area contributed by atoms with Crippen molar-refractivity contribution in [3.63, 3.8) is 0 Å². The molecule has 0 heterocycles. The summed E-state index contributed by atoms with van der Waals surface area (Å²) in [6.45, 7) is 6.12. The van der Waals surface area contributed by atoms with Gasteiger partial charge in [-0.05, 0) is 48.7 Å². The topological polar surface area (TPSA) is 18.5 Å². The van der Waals surface area contributed by atoms with Gasteiger partial charge in [-0.25, -0.2) is 0 Å². The van der Waals surface area contributed by atoms with E-state index in [4.69, 9.17) is 9.47 Å². The molecule has 0 aliphatic rings. The Bertz CT molecular complexity index is 905. The molecule has 0 fully saturated rings. The minimum Gasteiger partial charge on any atom is -0.494 e. The Hall–Kier alpha value is -1.74. The van der Waals surface area contributed by atoms with Crippen LogP contribution in [0.15, 0.2) is 46.9 Å². The third-order valence-corrected chi connectivity index (χ3v) is 8.36.